The summed E-state index contributed by atoms with van der Waals surface area (Å²) in [6, 6.07) is 14.9. The number of nitrogens with one attached hydrogen (secondary N) is 2. The van der Waals surface area contributed by atoms with Crippen LogP contribution >= 0.6 is 12.4 Å². The van der Waals surface area contributed by atoms with Gasteiger partial charge in [-0.25, -0.2) is 0 Å². The van der Waals surface area contributed by atoms with Crippen molar-refractivity contribution >= 4 is 24.0 Å². The van der Waals surface area contributed by atoms with Crippen LogP contribution in [0.4, 0.5) is 5.69 Å². The largest absolute Gasteiger partial charge is 0.457 e. The van der Waals surface area contributed by atoms with E-state index >= 15 is 0 Å². The molecule has 2 aromatic rings. The maximum Gasteiger partial charge on any atom is 0.243 e. The van der Waals surface area contributed by atoms with Crippen molar-refractivity contribution in [2.24, 2.45) is 0 Å². The van der Waals surface area contributed by atoms with Crippen LogP contribution in [-0.2, 0) is 20.7 Å². The summed E-state index contributed by atoms with van der Waals surface area (Å²) < 4.78 is 16.2. The third-order valence-electron chi connectivity index (χ3n) is 4.11. The Morgan fingerprint density at radius 1 is 1.15 bits per heavy atom. The summed E-state index contributed by atoms with van der Waals surface area (Å²) in [7, 11) is 1.70. The van der Waals surface area contributed by atoms with E-state index in [9.17, 15) is 4.79 Å². The Labute approximate surface area is 165 Å². The zero-order valence-corrected chi connectivity index (χ0v) is 16.1. The number of rotatable bonds is 7. The quantitative estimate of drug-likeness (QED) is 0.758. The normalized spacial score (nSPS) is 16.3. The minimum atomic E-state index is -0.309. The predicted octanol–water partition coefficient (Wildman–Crippen LogP) is 3.02. The van der Waals surface area contributed by atoms with Crippen LogP contribution in [-0.4, -0.2) is 45.4 Å². The smallest absolute Gasteiger partial charge is 0.243 e. The monoisotopic (exact) mass is 392 g/mol. The Bertz CT molecular complexity index is 701. The molecule has 1 aliphatic rings. The molecule has 0 aliphatic carbocycles. The van der Waals surface area contributed by atoms with Crippen molar-refractivity contribution in [1.82, 2.24) is 5.32 Å². The van der Waals surface area contributed by atoms with Gasteiger partial charge in [-0.05, 0) is 48.4 Å². The molecule has 0 radical (unpaired) electrons. The van der Waals surface area contributed by atoms with Crippen LogP contribution in [0.1, 0.15) is 5.56 Å². The molecule has 0 bridgehead atoms. The topological polar surface area (TPSA) is 68.8 Å². The van der Waals surface area contributed by atoms with Gasteiger partial charge in [-0.15, -0.1) is 12.4 Å². The minimum absolute atomic E-state index is 0. The van der Waals surface area contributed by atoms with E-state index in [-0.39, 0.29) is 24.4 Å². The first-order chi connectivity index (χ1) is 12.7. The van der Waals surface area contributed by atoms with Gasteiger partial charge in [0.25, 0.3) is 0 Å². The van der Waals surface area contributed by atoms with Gasteiger partial charge in [0.2, 0.25) is 5.91 Å². The van der Waals surface area contributed by atoms with Gasteiger partial charge in [0.15, 0.2) is 0 Å². The maximum atomic E-state index is 12.2. The number of halogens is 1. The van der Waals surface area contributed by atoms with Gasteiger partial charge in [-0.3, -0.25) is 4.79 Å². The number of amides is 1. The standard InChI is InChI=1S/C20H24N2O4.ClH/c1-24-12-10-15-2-6-17(7-3-15)26-18-8-4-16(5-9-18)22-20(23)19-14-25-13-11-21-19;/h2-9,19,21H,10-14H2,1H3,(H,22,23);1H. The number of ether oxygens (including phenoxy) is 3. The Kier molecular flexibility index (Phi) is 8.54. The number of hydrogen-bond donors (Lipinski definition) is 2. The van der Waals surface area contributed by atoms with Crippen LogP contribution in [0, 0.1) is 0 Å². The molecule has 1 heterocycles. The first-order valence-electron chi connectivity index (χ1n) is 8.72. The van der Waals surface area contributed by atoms with Gasteiger partial charge in [0.1, 0.15) is 17.5 Å². The zero-order valence-electron chi connectivity index (χ0n) is 15.3. The molecule has 1 amide bonds. The first kappa shape index (κ1) is 21.2. The second-order valence-corrected chi connectivity index (χ2v) is 6.08. The average molecular weight is 393 g/mol. The number of methoxy groups -OCH3 is 1. The lowest BCUT2D eigenvalue weighted by molar-refractivity contribution is -0.120. The summed E-state index contributed by atoms with van der Waals surface area (Å²) >= 11 is 0. The molecule has 27 heavy (non-hydrogen) atoms. The summed E-state index contributed by atoms with van der Waals surface area (Å²) in [5.41, 5.74) is 1.93. The summed E-state index contributed by atoms with van der Waals surface area (Å²) in [4.78, 5) is 12.2. The lowest BCUT2D eigenvalue weighted by Crippen LogP contribution is -2.48. The molecule has 0 spiro atoms. The Balaban J connectivity index is 0.00000261. The molecule has 0 aromatic heterocycles. The SMILES string of the molecule is COCCc1ccc(Oc2ccc(NC(=O)C3COCCN3)cc2)cc1.Cl. The molecule has 1 aliphatic heterocycles. The molecule has 6 nitrogen and oxygen atoms in total. The Morgan fingerprint density at radius 3 is 2.41 bits per heavy atom. The zero-order chi connectivity index (χ0) is 18.2. The van der Waals surface area contributed by atoms with E-state index in [1.165, 1.54) is 5.56 Å². The summed E-state index contributed by atoms with van der Waals surface area (Å²) in [5.74, 6) is 1.39. The molecule has 146 valence electrons. The highest BCUT2D eigenvalue weighted by molar-refractivity contribution is 5.95. The van der Waals surface area contributed by atoms with E-state index in [1.807, 2.05) is 48.5 Å². The molecule has 1 unspecified atom stereocenters. The van der Waals surface area contributed by atoms with E-state index in [0.29, 0.717) is 32.1 Å². The molecule has 3 rings (SSSR count). The van der Waals surface area contributed by atoms with Crippen LogP contribution in [0.2, 0.25) is 0 Å². The maximum absolute atomic E-state index is 12.2. The Hall–Kier alpha value is -2.12. The third kappa shape index (κ3) is 6.52. The second-order valence-electron chi connectivity index (χ2n) is 6.08. The summed E-state index contributed by atoms with van der Waals surface area (Å²) in [6.07, 6.45) is 0.881. The fourth-order valence-corrected chi connectivity index (χ4v) is 2.65. The van der Waals surface area contributed by atoms with Crippen molar-refractivity contribution in [3.8, 4) is 11.5 Å². The van der Waals surface area contributed by atoms with E-state index in [0.717, 1.165) is 17.9 Å². The van der Waals surface area contributed by atoms with Crippen molar-refractivity contribution in [3.63, 3.8) is 0 Å². The molecule has 1 atom stereocenters. The van der Waals surface area contributed by atoms with Gasteiger partial charge in [0.05, 0.1) is 19.8 Å². The highest BCUT2D eigenvalue weighted by Gasteiger charge is 2.20. The van der Waals surface area contributed by atoms with E-state index < -0.39 is 0 Å². The third-order valence-corrected chi connectivity index (χ3v) is 4.11. The van der Waals surface area contributed by atoms with Crippen molar-refractivity contribution in [3.05, 3.63) is 54.1 Å². The molecular weight excluding hydrogens is 368 g/mol. The average Bonchev–Trinajstić information content (AvgIpc) is 2.69. The van der Waals surface area contributed by atoms with Crippen LogP contribution in [0.15, 0.2) is 48.5 Å². The van der Waals surface area contributed by atoms with Crippen LogP contribution in [0.5, 0.6) is 11.5 Å². The molecule has 1 fully saturated rings. The molecular formula is C20H25ClN2O4. The van der Waals surface area contributed by atoms with Crippen LogP contribution < -0.4 is 15.4 Å². The number of benzene rings is 2. The van der Waals surface area contributed by atoms with Gasteiger partial charge < -0.3 is 24.8 Å². The number of carbonyl (C=O) groups excluding carboxylic acids is 1. The summed E-state index contributed by atoms with van der Waals surface area (Å²) in [5, 5.41) is 6.01. The highest BCUT2D eigenvalue weighted by Crippen LogP contribution is 2.23. The molecule has 2 aromatic carbocycles. The van der Waals surface area contributed by atoms with Gasteiger partial charge >= 0.3 is 0 Å². The van der Waals surface area contributed by atoms with E-state index in [1.54, 1.807) is 7.11 Å². The van der Waals surface area contributed by atoms with Crippen LogP contribution in [0.25, 0.3) is 0 Å². The second kappa shape index (κ2) is 10.9. The van der Waals surface area contributed by atoms with E-state index in [4.69, 9.17) is 14.2 Å². The van der Waals surface area contributed by atoms with Crippen molar-refractivity contribution < 1.29 is 19.0 Å². The van der Waals surface area contributed by atoms with Gasteiger partial charge in [-0.2, -0.15) is 0 Å². The van der Waals surface area contributed by atoms with Gasteiger partial charge in [-0.1, -0.05) is 12.1 Å². The number of morpholine rings is 1. The minimum Gasteiger partial charge on any atom is -0.457 e. The lowest BCUT2D eigenvalue weighted by atomic mass is 10.1. The molecule has 1 saturated heterocycles. The Morgan fingerprint density at radius 2 is 1.81 bits per heavy atom. The van der Waals surface area contributed by atoms with Crippen molar-refractivity contribution in [1.29, 1.82) is 0 Å². The lowest BCUT2D eigenvalue weighted by Gasteiger charge is -2.22. The van der Waals surface area contributed by atoms with E-state index in [2.05, 4.69) is 10.6 Å². The summed E-state index contributed by atoms with van der Waals surface area (Å²) in [6.45, 7) is 2.43. The van der Waals surface area contributed by atoms with Crippen molar-refractivity contribution in [2.45, 2.75) is 12.5 Å². The molecule has 2 N–H and O–H groups in total. The first-order valence-corrected chi connectivity index (χ1v) is 8.72. The number of hydrogen-bond acceptors (Lipinski definition) is 5. The number of carbonyl (C=O) groups is 1. The van der Waals surface area contributed by atoms with Crippen molar-refractivity contribution in [2.75, 3.05) is 38.8 Å². The molecule has 0 saturated carbocycles. The van der Waals surface area contributed by atoms with Crippen LogP contribution in [0.3, 0.4) is 0 Å². The van der Waals surface area contributed by atoms with Gasteiger partial charge in [0, 0.05) is 19.3 Å². The molecule has 7 heteroatoms. The fraction of sp³-hybridized carbons (Fsp3) is 0.350. The number of anilines is 1. The predicted molar refractivity (Wildman–Crippen MR) is 107 cm³/mol. The fourth-order valence-electron chi connectivity index (χ4n) is 2.65. The highest BCUT2D eigenvalue weighted by atomic mass is 35.5.